The summed E-state index contributed by atoms with van der Waals surface area (Å²) < 4.78 is 17.2. The maximum Gasteiger partial charge on any atom is 0.414 e. The van der Waals surface area contributed by atoms with E-state index in [2.05, 4.69) is 9.97 Å². The molecule has 1 amide bonds. The molecule has 3 aromatic rings. The summed E-state index contributed by atoms with van der Waals surface area (Å²) in [7, 11) is 0. The fraction of sp³-hybridized carbons (Fsp3) is 0.269. The summed E-state index contributed by atoms with van der Waals surface area (Å²) in [4.78, 5) is 22.6. The molecule has 0 radical (unpaired) electrons. The number of hydrogen-bond donors (Lipinski definition) is 2. The zero-order valence-corrected chi connectivity index (χ0v) is 19.8. The van der Waals surface area contributed by atoms with Gasteiger partial charge in [-0.2, -0.15) is 4.98 Å². The van der Waals surface area contributed by atoms with Crippen LogP contribution in [-0.4, -0.2) is 38.2 Å². The van der Waals surface area contributed by atoms with Crippen molar-refractivity contribution in [1.29, 1.82) is 0 Å². The first-order valence-electron chi connectivity index (χ1n) is 11.2. The molecule has 0 bridgehead atoms. The van der Waals surface area contributed by atoms with Gasteiger partial charge in [-0.3, -0.25) is 4.90 Å². The van der Waals surface area contributed by atoms with E-state index in [-0.39, 0.29) is 11.4 Å². The van der Waals surface area contributed by atoms with Gasteiger partial charge in [0, 0.05) is 24.5 Å². The van der Waals surface area contributed by atoms with Gasteiger partial charge in [0.25, 0.3) is 0 Å². The van der Waals surface area contributed by atoms with Gasteiger partial charge in [0.05, 0.1) is 5.56 Å². The van der Waals surface area contributed by atoms with Crippen molar-refractivity contribution in [2.45, 2.75) is 39.0 Å². The lowest BCUT2D eigenvalue weighted by atomic mass is 10.2. The van der Waals surface area contributed by atoms with Crippen molar-refractivity contribution in [3.63, 3.8) is 0 Å². The molecule has 0 saturated heterocycles. The monoisotopic (exact) mass is 476 g/mol. The molecule has 0 spiro atoms. The van der Waals surface area contributed by atoms with Crippen LogP contribution in [0.25, 0.3) is 5.57 Å². The summed E-state index contributed by atoms with van der Waals surface area (Å²) >= 11 is 0. The van der Waals surface area contributed by atoms with Crippen molar-refractivity contribution in [3.05, 3.63) is 78.4 Å². The van der Waals surface area contributed by atoms with E-state index in [4.69, 9.17) is 19.9 Å². The molecule has 4 rings (SSSR count). The summed E-state index contributed by atoms with van der Waals surface area (Å²) in [5.74, 6) is 2.34. The number of nitrogens with zero attached hydrogens (tertiary/aromatic N) is 3. The largest absolute Gasteiger partial charge is 0.457 e. The second kappa shape index (κ2) is 10.1. The number of nitrogens with two attached hydrogens (primary N) is 1. The predicted octanol–water partition coefficient (Wildman–Crippen LogP) is 4.99. The van der Waals surface area contributed by atoms with Crippen molar-refractivity contribution in [3.8, 4) is 23.1 Å². The lowest BCUT2D eigenvalue weighted by Crippen LogP contribution is -2.32. The Balaban J connectivity index is 1.52. The van der Waals surface area contributed by atoms with Crippen molar-refractivity contribution in [2.75, 3.05) is 6.54 Å². The van der Waals surface area contributed by atoms with Crippen LogP contribution in [0.3, 0.4) is 0 Å². The van der Waals surface area contributed by atoms with Gasteiger partial charge >= 0.3 is 6.09 Å². The Labute approximate surface area is 203 Å². The molecule has 1 aliphatic rings. The smallest absolute Gasteiger partial charge is 0.414 e. The number of rotatable bonds is 6. The van der Waals surface area contributed by atoms with E-state index < -0.39 is 17.9 Å². The van der Waals surface area contributed by atoms with Crippen LogP contribution in [0.15, 0.2) is 67.0 Å². The third-order valence-corrected chi connectivity index (χ3v) is 4.97. The minimum absolute atomic E-state index is 0.123. The van der Waals surface area contributed by atoms with E-state index in [1.54, 1.807) is 30.5 Å². The molecule has 0 saturated carbocycles. The number of aromatic nitrogens is 2. The van der Waals surface area contributed by atoms with E-state index in [1.807, 2.05) is 51.1 Å². The number of benzene rings is 2. The van der Waals surface area contributed by atoms with E-state index in [0.717, 1.165) is 11.3 Å². The zero-order chi connectivity index (χ0) is 25.0. The van der Waals surface area contributed by atoms with Crippen molar-refractivity contribution >= 4 is 11.7 Å². The Bertz CT molecular complexity index is 1200. The van der Waals surface area contributed by atoms with Crippen LogP contribution >= 0.6 is 0 Å². The van der Waals surface area contributed by atoms with Crippen molar-refractivity contribution in [1.82, 2.24) is 14.9 Å². The summed E-state index contributed by atoms with van der Waals surface area (Å²) in [6.45, 7) is 5.90. The molecule has 2 aromatic carbocycles. The molecule has 2 heterocycles. The molecule has 35 heavy (non-hydrogen) atoms. The molecular formula is C26H28N4O5. The Morgan fingerprint density at radius 3 is 2.29 bits per heavy atom. The number of para-hydroxylation sites is 1. The normalized spacial score (nSPS) is 14.3. The molecule has 1 unspecified atom stereocenters. The third kappa shape index (κ3) is 6.34. The maximum absolute atomic E-state index is 12.4. The highest BCUT2D eigenvalue weighted by atomic mass is 16.6. The van der Waals surface area contributed by atoms with Crippen molar-refractivity contribution in [2.24, 2.45) is 5.73 Å². The lowest BCUT2D eigenvalue weighted by Gasteiger charge is -2.23. The van der Waals surface area contributed by atoms with Gasteiger partial charge in [-0.25, -0.2) is 9.78 Å². The highest BCUT2D eigenvalue weighted by molar-refractivity contribution is 5.75. The molecule has 0 aliphatic carbocycles. The summed E-state index contributed by atoms with van der Waals surface area (Å²) in [6, 6.07) is 16.4. The molecule has 9 nitrogen and oxygen atoms in total. The van der Waals surface area contributed by atoms with E-state index in [1.165, 1.54) is 11.1 Å². The minimum Gasteiger partial charge on any atom is -0.457 e. The summed E-state index contributed by atoms with van der Waals surface area (Å²) in [5, 5.41) is 9.98. The number of aliphatic hydroxyl groups is 1. The van der Waals surface area contributed by atoms with Crippen molar-refractivity contribution < 1.29 is 24.1 Å². The number of amides is 1. The SMILES string of the molecule is CC(C)(C)OC(=O)N1C=C(c2ncc(C(N)O)c(Oc3ccc(Oc4ccccc4)cc3)n2)CC1. The van der Waals surface area contributed by atoms with Crippen LogP contribution in [0.5, 0.6) is 23.1 Å². The Hall–Kier alpha value is -3.95. The average Bonchev–Trinajstić information content (AvgIpc) is 3.30. The summed E-state index contributed by atoms with van der Waals surface area (Å²) in [5.41, 5.74) is 6.08. The zero-order valence-electron chi connectivity index (χ0n) is 19.8. The standard InChI is InChI=1S/C26H28N4O5/c1-26(2,3)35-25(32)30-14-13-17(16-30)23-28-15-21(22(27)31)24(29-23)34-20-11-9-19(10-12-20)33-18-7-5-4-6-8-18/h4-12,15-16,22,31H,13-14,27H2,1-3H3. The number of ether oxygens (including phenoxy) is 3. The predicted molar refractivity (Wildman–Crippen MR) is 130 cm³/mol. The van der Waals surface area contributed by atoms with E-state index in [9.17, 15) is 9.90 Å². The van der Waals surface area contributed by atoms with Gasteiger partial charge < -0.3 is 25.1 Å². The second-order valence-electron chi connectivity index (χ2n) is 8.97. The number of carbonyl (C=O) groups is 1. The molecule has 0 fully saturated rings. The first kappa shape index (κ1) is 24.2. The minimum atomic E-state index is -1.32. The fourth-order valence-electron chi connectivity index (χ4n) is 3.32. The van der Waals surface area contributed by atoms with Crippen LogP contribution in [0.4, 0.5) is 4.79 Å². The first-order valence-corrected chi connectivity index (χ1v) is 11.2. The van der Waals surface area contributed by atoms with Crippen LogP contribution < -0.4 is 15.2 Å². The highest BCUT2D eigenvalue weighted by Crippen LogP contribution is 2.31. The number of aliphatic hydroxyl groups excluding tert-OH is 1. The van der Waals surface area contributed by atoms with Gasteiger partial charge in [-0.1, -0.05) is 18.2 Å². The van der Waals surface area contributed by atoms with Crippen LogP contribution in [0, 0.1) is 0 Å². The highest BCUT2D eigenvalue weighted by Gasteiger charge is 2.26. The number of hydrogen-bond acceptors (Lipinski definition) is 8. The quantitative estimate of drug-likeness (QED) is 0.477. The van der Waals surface area contributed by atoms with Gasteiger partial charge in [0.15, 0.2) is 5.82 Å². The van der Waals surface area contributed by atoms with E-state index in [0.29, 0.717) is 30.3 Å². The van der Waals surface area contributed by atoms with Crippen LogP contribution in [0.2, 0.25) is 0 Å². The Kier molecular flexibility index (Phi) is 6.99. The molecule has 1 atom stereocenters. The van der Waals surface area contributed by atoms with Crippen LogP contribution in [-0.2, 0) is 4.74 Å². The Morgan fingerprint density at radius 1 is 1.03 bits per heavy atom. The molecule has 9 heteroatoms. The van der Waals surface area contributed by atoms with Crippen LogP contribution in [0.1, 0.15) is 44.8 Å². The van der Waals surface area contributed by atoms with Gasteiger partial charge in [-0.15, -0.1) is 0 Å². The average molecular weight is 477 g/mol. The number of carbonyl (C=O) groups excluding carboxylic acids is 1. The summed E-state index contributed by atoms with van der Waals surface area (Å²) in [6.07, 6.45) is 1.88. The Morgan fingerprint density at radius 2 is 1.66 bits per heavy atom. The first-order chi connectivity index (χ1) is 16.7. The third-order valence-electron chi connectivity index (χ3n) is 4.97. The molecule has 182 valence electrons. The maximum atomic E-state index is 12.4. The topological polar surface area (TPSA) is 120 Å². The lowest BCUT2D eigenvalue weighted by molar-refractivity contribution is 0.0349. The van der Waals surface area contributed by atoms with Gasteiger partial charge in [0.2, 0.25) is 5.88 Å². The van der Waals surface area contributed by atoms with E-state index >= 15 is 0 Å². The molecule has 1 aromatic heterocycles. The molecule has 1 aliphatic heterocycles. The molecular weight excluding hydrogens is 448 g/mol. The molecule has 3 N–H and O–H groups in total. The second-order valence-corrected chi connectivity index (χ2v) is 8.97. The van der Waals surface area contributed by atoms with Gasteiger partial charge in [-0.05, 0) is 63.6 Å². The van der Waals surface area contributed by atoms with Gasteiger partial charge in [0.1, 0.15) is 29.1 Å². The fourth-order valence-corrected chi connectivity index (χ4v) is 3.32.